The first-order valence-electron chi connectivity index (χ1n) is 6.23. The third-order valence-corrected chi connectivity index (χ3v) is 2.82. The minimum atomic E-state index is 0.632. The fourth-order valence-electron chi connectivity index (χ4n) is 1.74. The van der Waals surface area contributed by atoms with Crippen LogP contribution in [0.5, 0.6) is 0 Å². The summed E-state index contributed by atoms with van der Waals surface area (Å²) in [5.74, 6) is 0.632. The molecule has 0 aromatic carbocycles. The summed E-state index contributed by atoms with van der Waals surface area (Å²) in [6.07, 6.45) is 9.81. The molecule has 0 bridgehead atoms. The molecule has 1 rings (SSSR count). The van der Waals surface area contributed by atoms with Gasteiger partial charge in [-0.1, -0.05) is 33.6 Å². The van der Waals surface area contributed by atoms with Gasteiger partial charge in [0.2, 0.25) is 0 Å². The fourth-order valence-corrected chi connectivity index (χ4v) is 1.74. The average Bonchev–Trinajstić information content (AvgIpc) is 2.25. The van der Waals surface area contributed by atoms with Gasteiger partial charge in [0.05, 0.1) is 0 Å². The molecule has 0 spiro atoms. The molecule has 1 heteroatoms. The van der Waals surface area contributed by atoms with Crippen LogP contribution in [0.2, 0.25) is 0 Å². The van der Waals surface area contributed by atoms with Crippen LogP contribution in [-0.2, 0) is 6.54 Å². The Balaban J connectivity index is 2.43. The fraction of sp³-hybridized carbons (Fsp3) is 0.643. The Hall–Kier alpha value is -0.850. The van der Waals surface area contributed by atoms with Crippen molar-refractivity contribution in [3.05, 3.63) is 30.1 Å². The highest BCUT2D eigenvalue weighted by molar-refractivity contribution is 5.09. The first kappa shape index (κ1) is 12.2. The highest BCUT2D eigenvalue weighted by Gasteiger charge is 2.05. The van der Waals surface area contributed by atoms with E-state index in [1.54, 1.807) is 0 Å². The molecule has 0 aliphatic rings. The molecule has 1 aromatic heterocycles. The predicted molar refractivity (Wildman–Crippen MR) is 64.9 cm³/mol. The Morgan fingerprint density at radius 3 is 2.67 bits per heavy atom. The Morgan fingerprint density at radius 2 is 2.00 bits per heavy atom. The van der Waals surface area contributed by atoms with Gasteiger partial charge in [0.25, 0.3) is 0 Å². The Labute approximate surface area is 94.1 Å². The number of rotatable bonds is 6. The maximum Gasteiger partial charge on any atom is 0.172 e. The van der Waals surface area contributed by atoms with Crippen LogP contribution in [0, 0.1) is 0 Å². The molecular formula is C14H24N+. The van der Waals surface area contributed by atoms with E-state index in [2.05, 4.69) is 49.9 Å². The van der Waals surface area contributed by atoms with Gasteiger partial charge in [0.15, 0.2) is 12.4 Å². The van der Waals surface area contributed by atoms with E-state index in [-0.39, 0.29) is 0 Å². The molecule has 1 aromatic rings. The second-order valence-electron chi connectivity index (χ2n) is 4.59. The van der Waals surface area contributed by atoms with Gasteiger partial charge in [-0.15, -0.1) is 0 Å². The molecule has 1 heterocycles. The highest BCUT2D eigenvalue weighted by atomic mass is 14.9. The smallest absolute Gasteiger partial charge is 0.172 e. The maximum absolute atomic E-state index is 2.32. The van der Waals surface area contributed by atoms with E-state index in [4.69, 9.17) is 0 Å². The SMILES string of the molecule is CCCCCC[n+]1cccc(C(C)C)c1. The summed E-state index contributed by atoms with van der Waals surface area (Å²) in [5.41, 5.74) is 1.44. The quantitative estimate of drug-likeness (QED) is 0.494. The first-order valence-corrected chi connectivity index (χ1v) is 6.23. The van der Waals surface area contributed by atoms with Crippen molar-refractivity contribution in [2.75, 3.05) is 0 Å². The van der Waals surface area contributed by atoms with Crippen LogP contribution in [0.4, 0.5) is 0 Å². The average molecular weight is 206 g/mol. The van der Waals surface area contributed by atoms with Gasteiger partial charge in [-0.2, -0.15) is 0 Å². The van der Waals surface area contributed by atoms with Gasteiger partial charge in [-0.3, -0.25) is 0 Å². The number of unbranched alkanes of at least 4 members (excludes halogenated alkanes) is 3. The lowest BCUT2D eigenvalue weighted by atomic mass is 10.1. The van der Waals surface area contributed by atoms with E-state index in [1.807, 2.05) is 0 Å². The van der Waals surface area contributed by atoms with Gasteiger partial charge in [0, 0.05) is 18.1 Å². The van der Waals surface area contributed by atoms with E-state index in [9.17, 15) is 0 Å². The highest BCUT2D eigenvalue weighted by Crippen LogP contribution is 2.10. The zero-order valence-corrected chi connectivity index (χ0v) is 10.4. The van der Waals surface area contributed by atoms with Crippen LogP contribution in [0.1, 0.15) is 57.9 Å². The van der Waals surface area contributed by atoms with Crippen LogP contribution in [0.25, 0.3) is 0 Å². The standard InChI is InChI=1S/C14H24N/c1-4-5-6-7-10-15-11-8-9-14(12-15)13(2)3/h8-9,11-13H,4-7,10H2,1-3H3/q+1. The Morgan fingerprint density at radius 1 is 1.20 bits per heavy atom. The second kappa shape index (κ2) is 6.60. The lowest BCUT2D eigenvalue weighted by molar-refractivity contribution is -0.697. The Bertz CT molecular complexity index is 278. The predicted octanol–water partition coefficient (Wildman–Crippen LogP) is 3.68. The second-order valence-corrected chi connectivity index (χ2v) is 4.59. The molecule has 0 saturated heterocycles. The molecule has 0 fully saturated rings. The summed E-state index contributed by atoms with van der Waals surface area (Å²) >= 11 is 0. The molecule has 0 aliphatic carbocycles. The van der Waals surface area contributed by atoms with E-state index in [0.717, 1.165) is 0 Å². The van der Waals surface area contributed by atoms with Crippen molar-refractivity contribution in [3.63, 3.8) is 0 Å². The molecule has 0 atom stereocenters. The molecule has 0 N–H and O–H groups in total. The maximum atomic E-state index is 2.32. The van der Waals surface area contributed by atoms with Gasteiger partial charge in [0.1, 0.15) is 6.54 Å². The van der Waals surface area contributed by atoms with Crippen molar-refractivity contribution in [1.29, 1.82) is 0 Å². The molecule has 0 unspecified atom stereocenters. The number of aromatic nitrogens is 1. The molecule has 0 radical (unpaired) electrons. The van der Waals surface area contributed by atoms with Crippen molar-refractivity contribution >= 4 is 0 Å². The van der Waals surface area contributed by atoms with E-state index >= 15 is 0 Å². The van der Waals surface area contributed by atoms with E-state index in [1.165, 1.54) is 37.8 Å². The van der Waals surface area contributed by atoms with Crippen molar-refractivity contribution in [2.45, 2.75) is 58.9 Å². The van der Waals surface area contributed by atoms with Crippen molar-refractivity contribution in [1.82, 2.24) is 0 Å². The minimum Gasteiger partial charge on any atom is -0.205 e. The van der Waals surface area contributed by atoms with Crippen LogP contribution < -0.4 is 4.57 Å². The largest absolute Gasteiger partial charge is 0.205 e. The zero-order valence-electron chi connectivity index (χ0n) is 10.4. The molecule has 0 amide bonds. The van der Waals surface area contributed by atoms with Crippen LogP contribution in [0.3, 0.4) is 0 Å². The normalized spacial score (nSPS) is 10.9. The monoisotopic (exact) mass is 206 g/mol. The van der Waals surface area contributed by atoms with Crippen LogP contribution in [-0.4, -0.2) is 0 Å². The van der Waals surface area contributed by atoms with Crippen molar-refractivity contribution in [2.24, 2.45) is 0 Å². The lowest BCUT2D eigenvalue weighted by Crippen LogP contribution is -2.33. The summed E-state index contributed by atoms with van der Waals surface area (Å²) in [7, 11) is 0. The number of nitrogens with zero attached hydrogens (tertiary/aromatic N) is 1. The number of aryl methyl sites for hydroxylation is 1. The topological polar surface area (TPSA) is 3.88 Å². The summed E-state index contributed by atoms with van der Waals surface area (Å²) < 4.78 is 2.32. The summed E-state index contributed by atoms with van der Waals surface area (Å²) in [4.78, 5) is 0. The molecule has 15 heavy (non-hydrogen) atoms. The minimum absolute atomic E-state index is 0.632. The van der Waals surface area contributed by atoms with Gasteiger partial charge < -0.3 is 0 Å². The molecule has 0 saturated carbocycles. The lowest BCUT2D eigenvalue weighted by Gasteiger charge is -2.03. The molecular weight excluding hydrogens is 182 g/mol. The van der Waals surface area contributed by atoms with Crippen LogP contribution >= 0.6 is 0 Å². The van der Waals surface area contributed by atoms with Gasteiger partial charge >= 0.3 is 0 Å². The van der Waals surface area contributed by atoms with Gasteiger partial charge in [-0.25, -0.2) is 4.57 Å². The zero-order chi connectivity index (χ0) is 11.1. The van der Waals surface area contributed by atoms with Crippen molar-refractivity contribution in [3.8, 4) is 0 Å². The number of hydrogen-bond acceptors (Lipinski definition) is 0. The summed E-state index contributed by atoms with van der Waals surface area (Å²) in [6, 6.07) is 4.38. The van der Waals surface area contributed by atoms with Gasteiger partial charge in [-0.05, 0) is 18.4 Å². The molecule has 0 aliphatic heterocycles. The molecule has 84 valence electrons. The first-order chi connectivity index (χ1) is 7.24. The summed E-state index contributed by atoms with van der Waals surface area (Å²) in [5, 5.41) is 0. The number of hydrogen-bond donors (Lipinski definition) is 0. The van der Waals surface area contributed by atoms with Crippen LogP contribution in [0.15, 0.2) is 24.5 Å². The number of pyridine rings is 1. The third kappa shape index (κ3) is 4.46. The van der Waals surface area contributed by atoms with E-state index < -0.39 is 0 Å². The molecule has 1 nitrogen and oxygen atoms in total. The van der Waals surface area contributed by atoms with Crippen molar-refractivity contribution < 1.29 is 4.57 Å². The third-order valence-electron chi connectivity index (χ3n) is 2.82. The Kier molecular flexibility index (Phi) is 5.38. The van der Waals surface area contributed by atoms with E-state index in [0.29, 0.717) is 5.92 Å². The summed E-state index contributed by atoms with van der Waals surface area (Å²) in [6.45, 7) is 7.92.